The Hall–Kier alpha value is -1.14. The number of aromatic nitrogens is 2. The van der Waals surface area contributed by atoms with E-state index in [9.17, 15) is 4.79 Å². The van der Waals surface area contributed by atoms with Gasteiger partial charge < -0.3 is 10.5 Å². The number of aryl methyl sites for hydroxylation is 2. The van der Waals surface area contributed by atoms with Crippen LogP contribution < -0.4 is 5.73 Å². The minimum Gasteiger partial charge on any atom is -0.465 e. The van der Waals surface area contributed by atoms with Crippen molar-refractivity contribution < 1.29 is 9.53 Å². The van der Waals surface area contributed by atoms with Gasteiger partial charge in [0.15, 0.2) is 5.16 Å². The van der Waals surface area contributed by atoms with Gasteiger partial charge in [-0.1, -0.05) is 11.8 Å². The number of rotatable bonds is 7. The summed E-state index contributed by atoms with van der Waals surface area (Å²) in [6, 6.07) is 0. The second-order valence-electron chi connectivity index (χ2n) is 5.39. The van der Waals surface area contributed by atoms with Crippen LogP contribution in [0.1, 0.15) is 43.6 Å². The number of nitrogens with zero attached hydrogens (tertiary/aromatic N) is 2. The smallest absolute Gasteiger partial charge is 0.325 e. The van der Waals surface area contributed by atoms with Crippen LogP contribution in [0.15, 0.2) is 5.16 Å². The molecule has 1 rings (SSSR count). The maximum absolute atomic E-state index is 11.7. The lowest BCUT2D eigenvalue weighted by Gasteiger charge is -2.21. The van der Waals surface area contributed by atoms with Gasteiger partial charge in [-0.25, -0.2) is 9.97 Å². The van der Waals surface area contributed by atoms with Crippen molar-refractivity contribution in [2.45, 2.75) is 58.2 Å². The van der Waals surface area contributed by atoms with Gasteiger partial charge >= 0.3 is 5.97 Å². The van der Waals surface area contributed by atoms with Crippen LogP contribution in [-0.2, 0) is 9.53 Å². The summed E-state index contributed by atoms with van der Waals surface area (Å²) < 4.78 is 4.97. The molecule has 0 aliphatic rings. The Labute approximate surface area is 131 Å². The molecular weight excluding hydrogens is 286 g/mol. The van der Waals surface area contributed by atoms with Gasteiger partial charge in [-0.05, 0) is 53.0 Å². The van der Waals surface area contributed by atoms with Gasteiger partial charge in [-0.3, -0.25) is 4.79 Å². The number of hydrogen-bond acceptors (Lipinski definition) is 6. The van der Waals surface area contributed by atoms with E-state index in [1.54, 1.807) is 25.6 Å². The minimum absolute atomic E-state index is 0.340. The van der Waals surface area contributed by atoms with Crippen molar-refractivity contribution in [3.05, 3.63) is 17.0 Å². The Balaban J connectivity index is 2.46. The molecule has 6 heteroatoms. The number of hydrogen-bond donors (Lipinski definition) is 1. The molecular formula is C15H25N3O2S. The number of esters is 1. The van der Waals surface area contributed by atoms with Crippen LogP contribution in [0.2, 0.25) is 0 Å². The zero-order chi connectivity index (χ0) is 16.0. The molecule has 0 aliphatic heterocycles. The van der Waals surface area contributed by atoms with E-state index in [0.29, 0.717) is 13.0 Å². The quantitative estimate of drug-likeness (QED) is 0.361. The molecule has 0 saturated carbocycles. The molecule has 0 bridgehead atoms. The molecule has 1 unspecified atom stereocenters. The van der Waals surface area contributed by atoms with Gasteiger partial charge in [-0.15, -0.1) is 0 Å². The van der Waals surface area contributed by atoms with E-state index in [2.05, 4.69) is 9.97 Å². The summed E-state index contributed by atoms with van der Waals surface area (Å²) in [7, 11) is 0. The summed E-state index contributed by atoms with van der Waals surface area (Å²) in [5.41, 5.74) is 8.22. The molecule has 0 saturated heterocycles. The highest BCUT2D eigenvalue weighted by atomic mass is 32.2. The third-order valence-electron chi connectivity index (χ3n) is 3.43. The summed E-state index contributed by atoms with van der Waals surface area (Å²) >= 11 is 1.59. The van der Waals surface area contributed by atoms with E-state index in [1.807, 2.05) is 20.8 Å². The van der Waals surface area contributed by atoms with E-state index >= 15 is 0 Å². The van der Waals surface area contributed by atoms with E-state index in [0.717, 1.165) is 34.3 Å². The van der Waals surface area contributed by atoms with Crippen molar-refractivity contribution in [2.24, 2.45) is 5.73 Å². The van der Waals surface area contributed by atoms with E-state index in [1.165, 1.54) is 0 Å². The fourth-order valence-corrected chi connectivity index (χ4v) is 2.68. The average Bonchev–Trinajstić information content (AvgIpc) is 2.41. The Bertz CT molecular complexity index is 481. The van der Waals surface area contributed by atoms with Gasteiger partial charge in [0.2, 0.25) is 0 Å². The number of carbonyl (C=O) groups is 1. The van der Waals surface area contributed by atoms with Crippen LogP contribution in [0.4, 0.5) is 0 Å². The van der Waals surface area contributed by atoms with Gasteiger partial charge in [0, 0.05) is 17.1 Å². The Kier molecular flexibility index (Phi) is 6.61. The predicted molar refractivity (Wildman–Crippen MR) is 85.4 cm³/mol. The topological polar surface area (TPSA) is 78.1 Å². The maximum atomic E-state index is 11.7. The number of ether oxygens (including phenoxy) is 1. The second-order valence-corrected chi connectivity index (χ2v) is 6.45. The first-order valence-electron chi connectivity index (χ1n) is 7.18. The lowest BCUT2D eigenvalue weighted by Crippen LogP contribution is -2.46. The third kappa shape index (κ3) is 5.28. The minimum atomic E-state index is -0.920. The predicted octanol–water partition coefficient (Wildman–Crippen LogP) is 2.55. The molecule has 0 amide bonds. The Morgan fingerprint density at radius 1 is 1.29 bits per heavy atom. The monoisotopic (exact) mass is 311 g/mol. The number of carbonyl (C=O) groups excluding carboxylic acids is 1. The van der Waals surface area contributed by atoms with Crippen molar-refractivity contribution in [1.29, 1.82) is 0 Å². The van der Waals surface area contributed by atoms with Gasteiger partial charge in [0.05, 0.1) is 6.61 Å². The molecule has 0 aromatic carbocycles. The Morgan fingerprint density at radius 2 is 1.86 bits per heavy atom. The highest BCUT2D eigenvalue weighted by Gasteiger charge is 2.29. The zero-order valence-corrected chi connectivity index (χ0v) is 14.3. The number of nitrogens with two attached hydrogens (primary N) is 1. The molecule has 1 atom stereocenters. The molecule has 1 heterocycles. The standard InChI is InChI=1S/C15H25N3O2S/c1-6-20-13(19)15(5,16)8-7-9-21-14-17-11(3)10(2)12(4)18-14/h6-9,16H2,1-5H3. The third-order valence-corrected chi connectivity index (χ3v) is 4.36. The van der Waals surface area contributed by atoms with Crippen LogP contribution in [0.25, 0.3) is 0 Å². The van der Waals surface area contributed by atoms with Crippen molar-refractivity contribution in [2.75, 3.05) is 12.4 Å². The van der Waals surface area contributed by atoms with Gasteiger partial charge in [-0.2, -0.15) is 0 Å². The van der Waals surface area contributed by atoms with E-state index in [4.69, 9.17) is 10.5 Å². The average molecular weight is 311 g/mol. The molecule has 1 aromatic rings. The summed E-state index contributed by atoms with van der Waals surface area (Å²) in [5, 5.41) is 0.783. The van der Waals surface area contributed by atoms with Gasteiger partial charge in [0.1, 0.15) is 5.54 Å². The first-order valence-corrected chi connectivity index (χ1v) is 8.17. The maximum Gasteiger partial charge on any atom is 0.325 e. The van der Waals surface area contributed by atoms with Crippen LogP contribution >= 0.6 is 11.8 Å². The van der Waals surface area contributed by atoms with Crippen LogP contribution in [0.5, 0.6) is 0 Å². The van der Waals surface area contributed by atoms with Crippen LogP contribution in [0.3, 0.4) is 0 Å². The zero-order valence-electron chi connectivity index (χ0n) is 13.5. The highest BCUT2D eigenvalue weighted by Crippen LogP contribution is 2.20. The molecule has 21 heavy (non-hydrogen) atoms. The highest BCUT2D eigenvalue weighted by molar-refractivity contribution is 7.99. The molecule has 118 valence electrons. The lowest BCUT2D eigenvalue weighted by molar-refractivity contribution is -0.149. The molecule has 0 radical (unpaired) electrons. The summed E-state index contributed by atoms with van der Waals surface area (Å²) in [6.45, 7) is 9.86. The number of thioether (sulfide) groups is 1. The largest absolute Gasteiger partial charge is 0.465 e. The van der Waals surface area contributed by atoms with Crippen molar-refractivity contribution in [1.82, 2.24) is 9.97 Å². The van der Waals surface area contributed by atoms with Crippen LogP contribution in [-0.4, -0.2) is 33.8 Å². The Morgan fingerprint density at radius 3 is 2.38 bits per heavy atom. The van der Waals surface area contributed by atoms with Gasteiger partial charge in [0.25, 0.3) is 0 Å². The fourth-order valence-electron chi connectivity index (χ4n) is 1.81. The first kappa shape index (κ1) is 17.9. The van der Waals surface area contributed by atoms with Crippen molar-refractivity contribution in [3.63, 3.8) is 0 Å². The van der Waals surface area contributed by atoms with Crippen molar-refractivity contribution >= 4 is 17.7 Å². The fraction of sp³-hybridized carbons (Fsp3) is 0.667. The van der Waals surface area contributed by atoms with Crippen LogP contribution in [0, 0.1) is 20.8 Å². The SMILES string of the molecule is CCOC(=O)C(C)(N)CCCSc1nc(C)c(C)c(C)n1. The summed E-state index contributed by atoms with van der Waals surface area (Å²) in [6.07, 6.45) is 1.40. The van der Waals surface area contributed by atoms with Crippen molar-refractivity contribution in [3.8, 4) is 0 Å². The molecule has 0 spiro atoms. The molecule has 2 N–H and O–H groups in total. The normalized spacial score (nSPS) is 13.8. The second kappa shape index (κ2) is 7.75. The first-order chi connectivity index (χ1) is 9.77. The van der Waals surface area contributed by atoms with E-state index < -0.39 is 5.54 Å². The molecule has 0 aliphatic carbocycles. The molecule has 5 nitrogen and oxygen atoms in total. The lowest BCUT2D eigenvalue weighted by atomic mass is 9.98. The molecule has 0 fully saturated rings. The summed E-state index contributed by atoms with van der Waals surface area (Å²) in [4.78, 5) is 20.6. The summed E-state index contributed by atoms with van der Waals surface area (Å²) in [5.74, 6) is 0.488. The molecule has 1 aromatic heterocycles. The van der Waals surface area contributed by atoms with E-state index in [-0.39, 0.29) is 5.97 Å².